The van der Waals surface area contributed by atoms with Crippen LogP contribution in [-0.2, 0) is 13.2 Å². The number of para-hydroxylation sites is 1. The van der Waals surface area contributed by atoms with Crippen LogP contribution in [0.4, 0.5) is 18.9 Å². The van der Waals surface area contributed by atoms with Crippen molar-refractivity contribution in [1.82, 2.24) is 14.1 Å². The zero-order valence-corrected chi connectivity index (χ0v) is 17.1. The standard InChI is InChI=1S/C21H14ClF3N4O3/c1-28-10-13(18(30)26-15-9-11(21(23,24)25)7-8-14(15)22)16-17(28)19(31)29(20(32)27-16)12-5-3-2-4-6-12/h2-10H,1H3,(H,26,30)(H,27,32). The van der Waals surface area contributed by atoms with E-state index in [9.17, 15) is 27.6 Å². The lowest BCUT2D eigenvalue weighted by Crippen LogP contribution is -2.34. The summed E-state index contributed by atoms with van der Waals surface area (Å²) < 4.78 is 41.3. The van der Waals surface area contributed by atoms with Gasteiger partial charge in [-0.15, -0.1) is 0 Å². The Hall–Kier alpha value is -3.79. The number of rotatable bonds is 3. The van der Waals surface area contributed by atoms with Crippen molar-refractivity contribution in [3.8, 4) is 5.69 Å². The third-order valence-corrected chi connectivity index (χ3v) is 5.15. The number of nitrogens with zero attached hydrogens (tertiary/aromatic N) is 2. The molecule has 0 saturated carbocycles. The number of hydrogen-bond acceptors (Lipinski definition) is 3. The number of anilines is 1. The van der Waals surface area contributed by atoms with Crippen molar-refractivity contribution >= 4 is 34.2 Å². The van der Waals surface area contributed by atoms with Crippen molar-refractivity contribution in [2.24, 2.45) is 7.05 Å². The normalized spacial score (nSPS) is 11.7. The van der Waals surface area contributed by atoms with Crippen LogP contribution in [0, 0.1) is 0 Å². The van der Waals surface area contributed by atoms with Crippen LogP contribution in [0.15, 0.2) is 64.3 Å². The Morgan fingerprint density at radius 3 is 2.44 bits per heavy atom. The summed E-state index contributed by atoms with van der Waals surface area (Å²) in [4.78, 5) is 41.0. The smallest absolute Gasteiger partial charge is 0.344 e. The number of carbonyl (C=O) groups is 1. The van der Waals surface area contributed by atoms with Crippen LogP contribution < -0.4 is 16.6 Å². The molecule has 2 aromatic carbocycles. The highest BCUT2D eigenvalue weighted by atomic mass is 35.5. The van der Waals surface area contributed by atoms with Crippen LogP contribution in [0.25, 0.3) is 16.7 Å². The van der Waals surface area contributed by atoms with E-state index in [2.05, 4.69) is 10.3 Å². The van der Waals surface area contributed by atoms with E-state index in [-0.39, 0.29) is 27.3 Å². The second-order valence-corrected chi connectivity index (χ2v) is 7.34. The van der Waals surface area contributed by atoms with Crippen molar-refractivity contribution < 1.29 is 18.0 Å². The number of hydrogen-bond donors (Lipinski definition) is 2. The lowest BCUT2D eigenvalue weighted by atomic mass is 10.2. The van der Waals surface area contributed by atoms with E-state index in [4.69, 9.17) is 11.6 Å². The van der Waals surface area contributed by atoms with E-state index in [0.717, 1.165) is 16.7 Å². The number of nitrogens with one attached hydrogen (secondary N) is 2. The number of aromatic nitrogens is 3. The number of amides is 1. The monoisotopic (exact) mass is 462 g/mol. The van der Waals surface area contributed by atoms with Gasteiger partial charge in [-0.1, -0.05) is 29.8 Å². The van der Waals surface area contributed by atoms with Crippen LogP contribution >= 0.6 is 11.6 Å². The molecule has 0 aliphatic heterocycles. The van der Waals surface area contributed by atoms with Gasteiger partial charge in [0, 0.05) is 13.2 Å². The molecule has 11 heteroatoms. The lowest BCUT2D eigenvalue weighted by Gasteiger charge is -2.11. The van der Waals surface area contributed by atoms with E-state index in [1.54, 1.807) is 30.3 Å². The fourth-order valence-corrected chi connectivity index (χ4v) is 3.51. The Morgan fingerprint density at radius 2 is 1.78 bits per heavy atom. The molecule has 1 amide bonds. The molecule has 0 aliphatic carbocycles. The molecule has 4 aromatic rings. The molecule has 0 radical (unpaired) electrons. The Labute approximate surface area is 182 Å². The van der Waals surface area contributed by atoms with Gasteiger partial charge in [0.25, 0.3) is 11.5 Å². The summed E-state index contributed by atoms with van der Waals surface area (Å²) >= 11 is 5.94. The zero-order chi connectivity index (χ0) is 23.2. The first-order valence-electron chi connectivity index (χ1n) is 9.16. The molecular formula is C21H14ClF3N4O3. The summed E-state index contributed by atoms with van der Waals surface area (Å²) in [6.07, 6.45) is -3.33. The molecule has 0 saturated heterocycles. The van der Waals surface area contributed by atoms with Crippen LogP contribution in [0.2, 0.25) is 5.02 Å². The first-order valence-corrected chi connectivity index (χ1v) is 9.53. The minimum absolute atomic E-state index is 0.0359. The summed E-state index contributed by atoms with van der Waals surface area (Å²) in [6.45, 7) is 0. The maximum absolute atomic E-state index is 13.0. The van der Waals surface area contributed by atoms with E-state index in [0.29, 0.717) is 11.8 Å². The fraction of sp³-hybridized carbons (Fsp3) is 0.0952. The highest BCUT2D eigenvalue weighted by molar-refractivity contribution is 6.34. The maximum atomic E-state index is 13.0. The van der Waals surface area contributed by atoms with Gasteiger partial charge in [-0.05, 0) is 30.3 Å². The minimum atomic E-state index is -4.63. The van der Waals surface area contributed by atoms with Gasteiger partial charge in [-0.2, -0.15) is 13.2 Å². The van der Waals surface area contributed by atoms with Gasteiger partial charge >= 0.3 is 11.9 Å². The Balaban J connectivity index is 1.81. The molecular weight excluding hydrogens is 449 g/mol. The summed E-state index contributed by atoms with van der Waals surface area (Å²) in [6, 6.07) is 10.7. The van der Waals surface area contributed by atoms with Crippen molar-refractivity contribution in [3.63, 3.8) is 0 Å². The number of alkyl halides is 3. The molecule has 0 unspecified atom stereocenters. The van der Waals surface area contributed by atoms with Gasteiger partial charge in [-0.3, -0.25) is 9.59 Å². The topological polar surface area (TPSA) is 88.9 Å². The van der Waals surface area contributed by atoms with Gasteiger partial charge in [-0.25, -0.2) is 9.36 Å². The van der Waals surface area contributed by atoms with Crippen LogP contribution in [0.3, 0.4) is 0 Å². The Morgan fingerprint density at radius 1 is 1.09 bits per heavy atom. The van der Waals surface area contributed by atoms with Crippen molar-refractivity contribution in [3.05, 3.63) is 91.7 Å². The molecule has 2 heterocycles. The molecule has 7 nitrogen and oxygen atoms in total. The molecule has 2 N–H and O–H groups in total. The van der Waals surface area contributed by atoms with Crippen molar-refractivity contribution in [2.75, 3.05) is 5.32 Å². The van der Waals surface area contributed by atoms with Gasteiger partial charge in [0.15, 0.2) is 0 Å². The van der Waals surface area contributed by atoms with Gasteiger partial charge < -0.3 is 14.9 Å². The highest BCUT2D eigenvalue weighted by Gasteiger charge is 2.31. The van der Waals surface area contributed by atoms with Crippen molar-refractivity contribution in [2.45, 2.75) is 6.18 Å². The lowest BCUT2D eigenvalue weighted by molar-refractivity contribution is -0.137. The fourth-order valence-electron chi connectivity index (χ4n) is 3.34. The van der Waals surface area contributed by atoms with Crippen LogP contribution in [-0.4, -0.2) is 20.0 Å². The second-order valence-electron chi connectivity index (χ2n) is 6.93. The summed E-state index contributed by atoms with van der Waals surface area (Å²) in [5.74, 6) is -0.843. The van der Waals surface area contributed by atoms with E-state index in [1.165, 1.54) is 17.8 Å². The molecule has 4 rings (SSSR count). The number of fused-ring (bicyclic) bond motifs is 1. The molecule has 0 fully saturated rings. The number of carbonyl (C=O) groups excluding carboxylic acids is 1. The van der Waals surface area contributed by atoms with Gasteiger partial charge in [0.05, 0.1) is 33.0 Å². The largest absolute Gasteiger partial charge is 0.416 e. The quantitative estimate of drug-likeness (QED) is 0.483. The van der Waals surface area contributed by atoms with Crippen LogP contribution in [0.1, 0.15) is 15.9 Å². The third kappa shape index (κ3) is 3.69. The Kier molecular flexibility index (Phi) is 5.17. The van der Waals surface area contributed by atoms with E-state index >= 15 is 0 Å². The number of benzene rings is 2. The molecule has 0 atom stereocenters. The number of aromatic amines is 1. The highest BCUT2D eigenvalue weighted by Crippen LogP contribution is 2.34. The molecule has 0 aliphatic rings. The second kappa shape index (κ2) is 7.72. The van der Waals surface area contributed by atoms with Crippen molar-refractivity contribution in [1.29, 1.82) is 0 Å². The third-order valence-electron chi connectivity index (χ3n) is 4.82. The first kappa shape index (κ1) is 21.4. The average Bonchev–Trinajstić information content (AvgIpc) is 3.06. The number of H-pyrrole nitrogens is 1. The minimum Gasteiger partial charge on any atom is -0.344 e. The Bertz CT molecular complexity index is 1470. The van der Waals surface area contributed by atoms with E-state index < -0.39 is 28.9 Å². The molecule has 0 spiro atoms. The van der Waals surface area contributed by atoms with E-state index in [1.807, 2.05) is 0 Å². The summed E-state index contributed by atoms with van der Waals surface area (Å²) in [5, 5.41) is 2.21. The molecule has 164 valence electrons. The SMILES string of the molecule is Cn1cc(C(=O)Nc2cc(C(F)(F)F)ccc2Cl)c2[nH]c(=O)n(-c3ccccc3)c(=O)c21. The molecule has 0 bridgehead atoms. The maximum Gasteiger partial charge on any atom is 0.416 e. The zero-order valence-electron chi connectivity index (χ0n) is 16.3. The molecule has 32 heavy (non-hydrogen) atoms. The molecule has 2 aromatic heterocycles. The van der Waals surface area contributed by atoms with Gasteiger partial charge in [0.1, 0.15) is 5.52 Å². The average molecular weight is 463 g/mol. The summed E-state index contributed by atoms with van der Waals surface area (Å²) in [7, 11) is 1.51. The summed E-state index contributed by atoms with van der Waals surface area (Å²) in [5.41, 5.74) is -2.46. The van der Waals surface area contributed by atoms with Gasteiger partial charge in [0.2, 0.25) is 0 Å². The number of aryl methyl sites for hydroxylation is 1. The first-order chi connectivity index (χ1) is 15.1. The van der Waals surface area contributed by atoms with Crippen LogP contribution in [0.5, 0.6) is 0 Å². The number of halogens is 4. The predicted octanol–water partition coefficient (Wildman–Crippen LogP) is 3.94. The predicted molar refractivity (Wildman–Crippen MR) is 114 cm³/mol.